The van der Waals surface area contributed by atoms with Gasteiger partial charge in [0.05, 0.1) is 6.61 Å². The molecular formula is C21H32IN3O2S. The Morgan fingerprint density at radius 2 is 2.04 bits per heavy atom. The van der Waals surface area contributed by atoms with Crippen LogP contribution in [0.4, 0.5) is 0 Å². The number of methoxy groups -OCH3 is 1. The van der Waals surface area contributed by atoms with Gasteiger partial charge in [-0.15, -0.1) is 35.3 Å². The first kappa shape index (κ1) is 24.7. The minimum absolute atomic E-state index is 0. The van der Waals surface area contributed by atoms with Crippen LogP contribution >= 0.6 is 35.3 Å². The second-order valence-corrected chi connectivity index (χ2v) is 7.68. The quantitative estimate of drug-likeness (QED) is 0.214. The van der Waals surface area contributed by atoms with E-state index in [9.17, 15) is 0 Å². The molecule has 0 spiro atoms. The highest BCUT2D eigenvalue weighted by molar-refractivity contribution is 14.0. The standard InChI is InChI=1S/C21H31N3O2S.HI/c1-16-7-8-18(20(13-16)26-10-9-25-4)15-24-21(22-3)23-14-17(2)12-19-6-5-11-27-19;/h5-8,11,13,17H,9-10,12,14-15H2,1-4H3,(H2,22,23,24);1H. The van der Waals surface area contributed by atoms with E-state index in [1.165, 1.54) is 10.4 Å². The van der Waals surface area contributed by atoms with Gasteiger partial charge in [0.2, 0.25) is 0 Å². The molecule has 1 aromatic carbocycles. The average Bonchev–Trinajstić information content (AvgIpc) is 3.16. The molecule has 1 atom stereocenters. The van der Waals surface area contributed by atoms with Gasteiger partial charge in [-0.2, -0.15) is 0 Å². The fraction of sp³-hybridized carbons (Fsp3) is 0.476. The Labute approximate surface area is 190 Å². The van der Waals surface area contributed by atoms with E-state index in [0.717, 1.165) is 30.2 Å². The van der Waals surface area contributed by atoms with Crippen molar-refractivity contribution in [2.24, 2.45) is 10.9 Å². The summed E-state index contributed by atoms with van der Waals surface area (Å²) in [6.07, 6.45) is 1.08. The van der Waals surface area contributed by atoms with Gasteiger partial charge in [-0.1, -0.05) is 25.1 Å². The van der Waals surface area contributed by atoms with Crippen molar-refractivity contribution in [2.45, 2.75) is 26.8 Å². The maximum absolute atomic E-state index is 5.86. The number of thiophene rings is 1. The van der Waals surface area contributed by atoms with Gasteiger partial charge in [0.25, 0.3) is 0 Å². The minimum Gasteiger partial charge on any atom is -0.491 e. The number of hydrogen-bond donors (Lipinski definition) is 2. The summed E-state index contributed by atoms with van der Waals surface area (Å²) >= 11 is 1.81. The van der Waals surface area contributed by atoms with Crippen LogP contribution in [0.15, 0.2) is 40.7 Å². The molecule has 5 nitrogen and oxygen atoms in total. The van der Waals surface area contributed by atoms with Crippen LogP contribution in [0.5, 0.6) is 5.75 Å². The molecule has 1 unspecified atom stereocenters. The number of ether oxygens (including phenoxy) is 2. The number of aryl methyl sites for hydroxylation is 1. The van der Waals surface area contributed by atoms with Crippen molar-refractivity contribution in [3.05, 3.63) is 51.7 Å². The summed E-state index contributed by atoms with van der Waals surface area (Å²) < 4.78 is 10.9. The average molecular weight is 517 g/mol. The molecule has 2 aromatic rings. The molecule has 1 heterocycles. The van der Waals surface area contributed by atoms with Crippen molar-refractivity contribution in [1.82, 2.24) is 10.6 Å². The molecule has 0 aliphatic carbocycles. The summed E-state index contributed by atoms with van der Waals surface area (Å²) in [6.45, 7) is 6.97. The van der Waals surface area contributed by atoms with Crippen LogP contribution in [0.25, 0.3) is 0 Å². The zero-order chi connectivity index (χ0) is 19.5. The fourth-order valence-electron chi connectivity index (χ4n) is 2.69. The Balaban J connectivity index is 0.00000392. The lowest BCUT2D eigenvalue weighted by Crippen LogP contribution is -2.39. The molecule has 0 saturated heterocycles. The van der Waals surface area contributed by atoms with E-state index in [2.05, 4.69) is 65.2 Å². The molecule has 2 rings (SSSR count). The lowest BCUT2D eigenvalue weighted by Gasteiger charge is -2.17. The number of hydrogen-bond acceptors (Lipinski definition) is 4. The van der Waals surface area contributed by atoms with Crippen molar-refractivity contribution in [2.75, 3.05) is 33.9 Å². The topological polar surface area (TPSA) is 54.9 Å². The Bertz CT molecular complexity index is 708. The summed E-state index contributed by atoms with van der Waals surface area (Å²) in [7, 11) is 3.47. The summed E-state index contributed by atoms with van der Waals surface area (Å²) in [5, 5.41) is 8.93. The van der Waals surface area contributed by atoms with E-state index in [1.54, 1.807) is 14.2 Å². The highest BCUT2D eigenvalue weighted by Gasteiger charge is 2.08. The van der Waals surface area contributed by atoms with Crippen LogP contribution in [0.2, 0.25) is 0 Å². The van der Waals surface area contributed by atoms with Crippen molar-refractivity contribution >= 4 is 41.3 Å². The zero-order valence-corrected chi connectivity index (χ0v) is 20.3. The Hall–Kier alpha value is -1.32. The second-order valence-electron chi connectivity index (χ2n) is 6.65. The summed E-state index contributed by atoms with van der Waals surface area (Å²) in [5.41, 5.74) is 2.28. The van der Waals surface area contributed by atoms with E-state index in [0.29, 0.717) is 25.7 Å². The number of rotatable bonds is 10. The van der Waals surface area contributed by atoms with E-state index < -0.39 is 0 Å². The number of benzene rings is 1. The Morgan fingerprint density at radius 3 is 2.71 bits per heavy atom. The summed E-state index contributed by atoms with van der Waals surface area (Å²) in [6, 6.07) is 10.5. The molecule has 7 heteroatoms. The molecule has 0 saturated carbocycles. The van der Waals surface area contributed by atoms with Gasteiger partial charge >= 0.3 is 0 Å². The van der Waals surface area contributed by atoms with E-state index >= 15 is 0 Å². The molecule has 156 valence electrons. The molecule has 0 aliphatic heterocycles. The van der Waals surface area contributed by atoms with E-state index in [1.807, 2.05) is 11.3 Å². The maximum Gasteiger partial charge on any atom is 0.191 e. The van der Waals surface area contributed by atoms with Gasteiger partial charge in [0.1, 0.15) is 12.4 Å². The van der Waals surface area contributed by atoms with Gasteiger partial charge < -0.3 is 20.1 Å². The van der Waals surface area contributed by atoms with Crippen LogP contribution in [0.1, 0.15) is 22.9 Å². The first-order valence-electron chi connectivity index (χ1n) is 9.30. The lowest BCUT2D eigenvalue weighted by molar-refractivity contribution is 0.145. The van der Waals surface area contributed by atoms with Gasteiger partial charge in [-0.25, -0.2) is 0 Å². The van der Waals surface area contributed by atoms with Crippen LogP contribution in [0.3, 0.4) is 0 Å². The summed E-state index contributed by atoms with van der Waals surface area (Å²) in [5.74, 6) is 2.23. The number of nitrogens with zero attached hydrogens (tertiary/aromatic N) is 1. The first-order valence-corrected chi connectivity index (χ1v) is 10.2. The van der Waals surface area contributed by atoms with Crippen LogP contribution in [0, 0.1) is 12.8 Å². The van der Waals surface area contributed by atoms with Crippen molar-refractivity contribution in [1.29, 1.82) is 0 Å². The molecule has 0 bridgehead atoms. The molecule has 0 aliphatic rings. The third-order valence-electron chi connectivity index (χ3n) is 4.19. The van der Waals surface area contributed by atoms with Gasteiger partial charge in [0.15, 0.2) is 5.96 Å². The van der Waals surface area contributed by atoms with Crippen molar-refractivity contribution in [3.63, 3.8) is 0 Å². The van der Waals surface area contributed by atoms with E-state index in [4.69, 9.17) is 9.47 Å². The predicted octanol–water partition coefficient (Wildman–Crippen LogP) is 4.24. The van der Waals surface area contributed by atoms with Crippen LogP contribution in [-0.4, -0.2) is 39.9 Å². The van der Waals surface area contributed by atoms with Crippen LogP contribution < -0.4 is 15.4 Å². The minimum atomic E-state index is 0. The molecule has 0 radical (unpaired) electrons. The molecule has 2 N–H and O–H groups in total. The number of aliphatic imine (C=N–C) groups is 1. The fourth-order valence-corrected chi connectivity index (χ4v) is 3.56. The SMILES string of the molecule is CN=C(NCc1ccc(C)cc1OCCOC)NCC(C)Cc1cccs1.I. The Kier molecular flexibility index (Phi) is 12.2. The Morgan fingerprint density at radius 1 is 1.21 bits per heavy atom. The largest absolute Gasteiger partial charge is 0.491 e. The zero-order valence-electron chi connectivity index (χ0n) is 17.2. The highest BCUT2D eigenvalue weighted by Crippen LogP contribution is 2.20. The molecule has 0 amide bonds. The molecule has 28 heavy (non-hydrogen) atoms. The molecule has 0 fully saturated rings. The molecular weight excluding hydrogens is 485 g/mol. The number of nitrogens with one attached hydrogen (secondary N) is 2. The second kappa shape index (κ2) is 13.8. The van der Waals surface area contributed by atoms with E-state index in [-0.39, 0.29) is 24.0 Å². The van der Waals surface area contributed by atoms with Crippen molar-refractivity contribution < 1.29 is 9.47 Å². The van der Waals surface area contributed by atoms with Crippen molar-refractivity contribution in [3.8, 4) is 5.75 Å². The number of guanidine groups is 1. The normalized spacial score (nSPS) is 12.2. The van der Waals surface area contributed by atoms with Crippen LogP contribution in [-0.2, 0) is 17.7 Å². The lowest BCUT2D eigenvalue weighted by atomic mass is 10.1. The van der Waals surface area contributed by atoms with Gasteiger partial charge in [-0.3, -0.25) is 4.99 Å². The first-order chi connectivity index (χ1) is 13.1. The highest BCUT2D eigenvalue weighted by atomic mass is 127. The maximum atomic E-state index is 5.86. The predicted molar refractivity (Wildman–Crippen MR) is 129 cm³/mol. The third kappa shape index (κ3) is 8.79. The van der Waals surface area contributed by atoms with Gasteiger partial charge in [-0.05, 0) is 42.3 Å². The summed E-state index contributed by atoms with van der Waals surface area (Å²) in [4.78, 5) is 5.75. The third-order valence-corrected chi connectivity index (χ3v) is 5.08. The monoisotopic (exact) mass is 517 g/mol. The smallest absolute Gasteiger partial charge is 0.191 e. The van der Waals surface area contributed by atoms with Gasteiger partial charge in [0, 0.05) is 37.7 Å². The molecule has 1 aromatic heterocycles. The number of halogens is 1.